The lowest BCUT2D eigenvalue weighted by atomic mass is 10.1. The zero-order valence-electron chi connectivity index (χ0n) is 8.27. The predicted molar refractivity (Wildman–Crippen MR) is 69.4 cm³/mol. The molecule has 0 amide bonds. The fourth-order valence-electron chi connectivity index (χ4n) is 1.57. The third-order valence-corrected chi connectivity index (χ3v) is 3.88. The molecule has 0 unspecified atom stereocenters. The number of hydrogen-bond acceptors (Lipinski definition) is 2. The first-order valence-corrected chi connectivity index (χ1v) is 6.05. The van der Waals surface area contributed by atoms with E-state index in [9.17, 15) is 4.79 Å². The number of nitrogens with one attached hydrogen (secondary N) is 1. The molecular weight excluding hydrogens is 336 g/mol. The van der Waals surface area contributed by atoms with Gasteiger partial charge in [0, 0.05) is 15.1 Å². The monoisotopic (exact) mass is 340 g/mol. The van der Waals surface area contributed by atoms with E-state index in [0.717, 1.165) is 14.5 Å². The Morgan fingerprint density at radius 1 is 1.38 bits per heavy atom. The van der Waals surface area contributed by atoms with Crippen molar-refractivity contribution in [3.05, 3.63) is 42.6 Å². The predicted octanol–water partition coefficient (Wildman–Crippen LogP) is 3.23. The molecule has 5 heteroatoms. The van der Waals surface area contributed by atoms with E-state index >= 15 is 0 Å². The number of rotatable bonds is 0. The van der Waals surface area contributed by atoms with Crippen molar-refractivity contribution in [2.75, 3.05) is 0 Å². The Morgan fingerprint density at radius 2 is 2.06 bits per heavy atom. The van der Waals surface area contributed by atoms with Crippen molar-refractivity contribution in [1.82, 2.24) is 4.98 Å². The van der Waals surface area contributed by atoms with Crippen LogP contribution in [0.2, 0.25) is 0 Å². The van der Waals surface area contributed by atoms with Crippen molar-refractivity contribution in [1.29, 1.82) is 5.26 Å². The van der Waals surface area contributed by atoms with Crippen molar-refractivity contribution < 1.29 is 0 Å². The van der Waals surface area contributed by atoms with Gasteiger partial charge in [-0.3, -0.25) is 4.79 Å². The number of halogens is 2. The molecule has 0 aliphatic heterocycles. The van der Waals surface area contributed by atoms with Crippen molar-refractivity contribution in [3.63, 3.8) is 0 Å². The summed E-state index contributed by atoms with van der Waals surface area (Å²) in [5, 5.41) is 9.36. The lowest BCUT2D eigenvalue weighted by Crippen LogP contribution is -2.09. The van der Waals surface area contributed by atoms with Crippen LogP contribution in [-0.4, -0.2) is 4.98 Å². The van der Waals surface area contributed by atoms with Gasteiger partial charge in [0.05, 0.1) is 10.9 Å². The Bertz CT molecular complexity index is 683. The van der Waals surface area contributed by atoms with Crippen LogP contribution in [-0.2, 0) is 0 Å². The maximum absolute atomic E-state index is 12.0. The number of nitriles is 1. The van der Waals surface area contributed by atoms with Gasteiger partial charge >= 0.3 is 0 Å². The molecule has 0 aliphatic carbocycles. The number of benzene rings is 1. The minimum atomic E-state index is -0.240. The van der Waals surface area contributed by atoms with E-state index < -0.39 is 0 Å². The van der Waals surface area contributed by atoms with E-state index in [4.69, 9.17) is 5.26 Å². The summed E-state index contributed by atoms with van der Waals surface area (Å²) >= 11 is 6.76. The van der Waals surface area contributed by atoms with Crippen molar-refractivity contribution in [2.45, 2.75) is 6.92 Å². The Kier molecular flexibility index (Phi) is 2.87. The average Bonchev–Trinajstić information content (AvgIpc) is 2.26. The van der Waals surface area contributed by atoms with Gasteiger partial charge < -0.3 is 4.98 Å². The lowest BCUT2D eigenvalue weighted by Gasteiger charge is -2.06. The number of pyridine rings is 1. The molecule has 0 atom stereocenters. The maximum atomic E-state index is 12.0. The summed E-state index contributed by atoms with van der Waals surface area (Å²) < 4.78 is 1.63. The summed E-state index contributed by atoms with van der Waals surface area (Å²) in [5.74, 6) is 0. The third-order valence-electron chi connectivity index (χ3n) is 2.43. The molecule has 2 rings (SSSR count). The molecule has 0 fully saturated rings. The van der Waals surface area contributed by atoms with Crippen LogP contribution in [0.5, 0.6) is 0 Å². The van der Waals surface area contributed by atoms with Crippen LogP contribution in [0, 0.1) is 18.3 Å². The SMILES string of the molecule is Cc1c(Br)cc(Br)c2[nH]cc(C#N)c(=O)c12. The zero-order valence-corrected chi connectivity index (χ0v) is 11.4. The Morgan fingerprint density at radius 3 is 2.69 bits per heavy atom. The third kappa shape index (κ3) is 1.58. The Labute approximate surface area is 108 Å². The highest BCUT2D eigenvalue weighted by atomic mass is 79.9. The summed E-state index contributed by atoms with van der Waals surface area (Å²) in [4.78, 5) is 15.0. The fourth-order valence-corrected chi connectivity index (χ4v) is 2.85. The van der Waals surface area contributed by atoms with Gasteiger partial charge in [0.15, 0.2) is 0 Å². The normalized spacial score (nSPS) is 10.4. The molecule has 80 valence electrons. The van der Waals surface area contributed by atoms with Crippen molar-refractivity contribution >= 4 is 42.8 Å². The molecule has 1 N–H and O–H groups in total. The number of H-pyrrole nitrogens is 1. The van der Waals surface area contributed by atoms with E-state index in [0.29, 0.717) is 10.9 Å². The molecule has 1 aromatic carbocycles. The molecular formula is C11H6Br2N2O. The summed E-state index contributed by atoms with van der Waals surface area (Å²) in [6.07, 6.45) is 1.43. The average molecular weight is 342 g/mol. The maximum Gasteiger partial charge on any atom is 0.207 e. The molecule has 0 saturated carbocycles. The van der Waals surface area contributed by atoms with Crippen LogP contribution in [0.4, 0.5) is 0 Å². The number of aromatic amines is 1. The summed E-state index contributed by atoms with van der Waals surface area (Å²) in [6, 6.07) is 3.75. The van der Waals surface area contributed by atoms with E-state index in [-0.39, 0.29) is 11.0 Å². The van der Waals surface area contributed by atoms with Crippen LogP contribution in [0.3, 0.4) is 0 Å². The van der Waals surface area contributed by atoms with Gasteiger partial charge in [-0.15, -0.1) is 0 Å². The minimum absolute atomic E-state index is 0.126. The number of hydrogen-bond donors (Lipinski definition) is 1. The second-order valence-electron chi connectivity index (χ2n) is 3.36. The molecule has 1 heterocycles. The standard InChI is InChI=1S/C11H6Br2N2O/c1-5-7(12)2-8(13)10-9(5)11(16)6(3-14)4-15-10/h2,4H,1H3,(H,15,16). The molecule has 2 aromatic rings. The first-order valence-electron chi connectivity index (χ1n) is 4.46. The zero-order chi connectivity index (χ0) is 11.9. The quantitative estimate of drug-likeness (QED) is 0.799. The first kappa shape index (κ1) is 11.4. The molecule has 1 aromatic heterocycles. The van der Waals surface area contributed by atoms with Gasteiger partial charge in [-0.05, 0) is 34.5 Å². The van der Waals surface area contributed by atoms with Crippen molar-refractivity contribution in [2.24, 2.45) is 0 Å². The van der Waals surface area contributed by atoms with Gasteiger partial charge in [0.2, 0.25) is 5.43 Å². The van der Waals surface area contributed by atoms with Gasteiger partial charge in [-0.2, -0.15) is 5.26 Å². The van der Waals surface area contributed by atoms with Crippen LogP contribution in [0.25, 0.3) is 10.9 Å². The van der Waals surface area contributed by atoms with E-state index in [1.807, 2.05) is 19.1 Å². The van der Waals surface area contributed by atoms with Crippen LogP contribution < -0.4 is 5.43 Å². The Hall–Kier alpha value is -1.12. The van der Waals surface area contributed by atoms with Crippen LogP contribution in [0.1, 0.15) is 11.1 Å². The van der Waals surface area contributed by atoms with E-state index in [1.165, 1.54) is 6.20 Å². The molecule has 0 saturated heterocycles. The van der Waals surface area contributed by atoms with Gasteiger partial charge in [0.25, 0.3) is 0 Å². The highest BCUT2D eigenvalue weighted by molar-refractivity contribution is 9.11. The Balaban J connectivity index is 3.10. The smallest absolute Gasteiger partial charge is 0.207 e. The fraction of sp³-hybridized carbons (Fsp3) is 0.0909. The molecule has 0 spiro atoms. The van der Waals surface area contributed by atoms with Gasteiger partial charge in [-0.25, -0.2) is 0 Å². The molecule has 16 heavy (non-hydrogen) atoms. The lowest BCUT2D eigenvalue weighted by molar-refractivity contribution is 1.31. The van der Waals surface area contributed by atoms with Gasteiger partial charge in [0.1, 0.15) is 11.6 Å². The number of fused-ring (bicyclic) bond motifs is 1. The topological polar surface area (TPSA) is 56.6 Å². The molecule has 3 nitrogen and oxygen atoms in total. The second-order valence-corrected chi connectivity index (χ2v) is 5.07. The van der Waals surface area contributed by atoms with Gasteiger partial charge in [-0.1, -0.05) is 15.9 Å². The first-order chi connectivity index (χ1) is 7.56. The molecule has 0 radical (unpaired) electrons. The highest BCUT2D eigenvalue weighted by Gasteiger charge is 2.12. The highest BCUT2D eigenvalue weighted by Crippen LogP contribution is 2.29. The van der Waals surface area contributed by atoms with E-state index in [2.05, 4.69) is 36.8 Å². The van der Waals surface area contributed by atoms with E-state index in [1.54, 1.807) is 0 Å². The molecule has 0 bridgehead atoms. The number of nitrogens with zero attached hydrogens (tertiary/aromatic N) is 1. The number of aromatic nitrogens is 1. The van der Waals surface area contributed by atoms with Crippen molar-refractivity contribution in [3.8, 4) is 6.07 Å². The van der Waals surface area contributed by atoms with Crippen LogP contribution in [0.15, 0.2) is 26.0 Å². The summed E-state index contributed by atoms with van der Waals surface area (Å²) in [5.41, 5.74) is 1.43. The largest absolute Gasteiger partial charge is 0.359 e. The van der Waals surface area contributed by atoms with Crippen LogP contribution >= 0.6 is 31.9 Å². The minimum Gasteiger partial charge on any atom is -0.359 e. The second kappa shape index (κ2) is 4.04. The molecule has 0 aliphatic rings. The summed E-state index contributed by atoms with van der Waals surface area (Å²) in [7, 11) is 0. The number of aryl methyl sites for hydroxylation is 1. The summed E-state index contributed by atoms with van der Waals surface area (Å²) in [6.45, 7) is 1.84.